The number of primary amides is 2. The van der Waals surface area contributed by atoms with Gasteiger partial charge in [0.25, 0.3) is 5.69 Å². The van der Waals surface area contributed by atoms with Gasteiger partial charge in [-0.1, -0.05) is 0 Å². The van der Waals surface area contributed by atoms with Crippen LogP contribution in [0.4, 0.5) is 5.69 Å². The minimum absolute atomic E-state index is 0.214. The molecule has 0 saturated heterocycles. The molecule has 19 heavy (non-hydrogen) atoms. The van der Waals surface area contributed by atoms with Crippen molar-refractivity contribution in [3.8, 4) is 0 Å². The molecule has 0 saturated carbocycles. The van der Waals surface area contributed by atoms with Gasteiger partial charge in [-0.25, -0.2) is 0 Å². The van der Waals surface area contributed by atoms with E-state index in [4.69, 9.17) is 11.5 Å². The molecule has 9 heteroatoms. The van der Waals surface area contributed by atoms with Crippen LogP contribution >= 0.6 is 0 Å². The van der Waals surface area contributed by atoms with Crippen molar-refractivity contribution in [2.45, 2.75) is 12.2 Å². The third-order valence-electron chi connectivity index (χ3n) is 2.37. The Bertz CT molecular complexity index is 512. The van der Waals surface area contributed by atoms with Gasteiger partial charge in [0.05, 0.1) is 4.92 Å². The van der Waals surface area contributed by atoms with E-state index in [-0.39, 0.29) is 11.1 Å². The maximum absolute atomic E-state index is 11.0. The smallest absolute Gasteiger partial charge is 0.270 e. The number of nitrogens with zero attached hydrogens (tertiary/aromatic N) is 1. The number of nitro groups is 1. The molecule has 6 N–H and O–H groups in total. The fourth-order valence-corrected chi connectivity index (χ4v) is 1.39. The molecule has 2 unspecified atom stereocenters. The van der Waals surface area contributed by atoms with E-state index >= 15 is 0 Å². The predicted octanol–water partition coefficient (Wildman–Crippen LogP) is -1.43. The molecule has 0 aliphatic carbocycles. The van der Waals surface area contributed by atoms with Gasteiger partial charge in [0.1, 0.15) is 6.10 Å². The predicted molar refractivity (Wildman–Crippen MR) is 61.8 cm³/mol. The first kappa shape index (κ1) is 14.5. The minimum Gasteiger partial charge on any atom is -0.385 e. The van der Waals surface area contributed by atoms with Gasteiger partial charge in [0.2, 0.25) is 11.8 Å². The molecule has 0 radical (unpaired) electrons. The topological polar surface area (TPSA) is 170 Å². The third kappa shape index (κ3) is 3.24. The molecule has 1 rings (SSSR count). The van der Waals surface area contributed by atoms with E-state index < -0.39 is 34.6 Å². The Morgan fingerprint density at radius 1 is 1.21 bits per heavy atom. The monoisotopic (exact) mass is 269 g/mol. The quantitative estimate of drug-likeness (QED) is 0.377. The zero-order valence-electron chi connectivity index (χ0n) is 9.52. The van der Waals surface area contributed by atoms with Crippen molar-refractivity contribution in [2.75, 3.05) is 0 Å². The molecule has 9 nitrogen and oxygen atoms in total. The minimum atomic E-state index is -1.96. The lowest BCUT2D eigenvalue weighted by Gasteiger charge is -2.15. The van der Waals surface area contributed by atoms with Crippen LogP contribution in [0.5, 0.6) is 0 Å². The molecule has 102 valence electrons. The van der Waals surface area contributed by atoms with Gasteiger partial charge in [-0.05, 0) is 11.6 Å². The molecule has 0 aliphatic rings. The van der Waals surface area contributed by atoms with Crippen LogP contribution in [0.2, 0.25) is 0 Å². The molecule has 0 aromatic heterocycles. The number of hydrogen-bond acceptors (Lipinski definition) is 6. The van der Waals surface area contributed by atoms with Crippen molar-refractivity contribution in [1.29, 1.82) is 0 Å². The number of amides is 2. The molecule has 2 atom stereocenters. The van der Waals surface area contributed by atoms with Crippen molar-refractivity contribution in [3.63, 3.8) is 0 Å². The Morgan fingerprint density at radius 3 is 2.21 bits per heavy atom. The molecule has 2 amide bonds. The summed E-state index contributed by atoms with van der Waals surface area (Å²) in [6, 6.07) is 2.85. The second kappa shape index (κ2) is 5.42. The number of benzene rings is 1. The number of non-ortho nitro benzene ring substituents is 1. The number of nitrogens with two attached hydrogens (primary N) is 2. The summed E-state index contributed by atoms with van der Waals surface area (Å²) < 4.78 is 0. The van der Waals surface area contributed by atoms with E-state index in [0.717, 1.165) is 18.2 Å². The Kier molecular flexibility index (Phi) is 4.14. The number of nitro benzene ring substituents is 1. The lowest BCUT2D eigenvalue weighted by molar-refractivity contribution is -0.385. The molecule has 1 aromatic carbocycles. The Morgan fingerprint density at radius 2 is 1.79 bits per heavy atom. The summed E-state index contributed by atoms with van der Waals surface area (Å²) in [7, 11) is 0. The second-order valence-corrected chi connectivity index (χ2v) is 3.73. The molecular formula is C10H11N3O6. The van der Waals surface area contributed by atoms with Crippen molar-refractivity contribution in [3.05, 3.63) is 39.4 Å². The fraction of sp³-hybridized carbons (Fsp3) is 0.200. The summed E-state index contributed by atoms with van der Waals surface area (Å²) in [5, 5.41) is 29.6. The molecule has 0 spiro atoms. The number of carbonyl (C=O) groups is 2. The van der Waals surface area contributed by atoms with Crippen LogP contribution in [0.1, 0.15) is 22.0 Å². The van der Waals surface area contributed by atoms with Crippen molar-refractivity contribution < 1.29 is 24.7 Å². The van der Waals surface area contributed by atoms with E-state index in [0.29, 0.717) is 0 Å². The highest BCUT2D eigenvalue weighted by Gasteiger charge is 2.26. The summed E-state index contributed by atoms with van der Waals surface area (Å²) in [4.78, 5) is 31.6. The largest absolute Gasteiger partial charge is 0.385 e. The normalized spacial score (nSPS) is 13.6. The summed E-state index contributed by atoms with van der Waals surface area (Å²) in [6.07, 6.45) is -3.75. The maximum atomic E-state index is 11.0. The zero-order valence-corrected chi connectivity index (χ0v) is 9.52. The van der Waals surface area contributed by atoms with E-state index in [1.54, 1.807) is 0 Å². The number of aliphatic hydroxyl groups is 2. The zero-order chi connectivity index (χ0) is 14.7. The number of rotatable bonds is 5. The summed E-state index contributed by atoms with van der Waals surface area (Å²) in [6.45, 7) is 0. The van der Waals surface area contributed by atoms with E-state index in [9.17, 15) is 29.9 Å². The van der Waals surface area contributed by atoms with Crippen LogP contribution in [0.25, 0.3) is 0 Å². The molecule has 0 aliphatic heterocycles. The molecule has 1 aromatic rings. The highest BCUT2D eigenvalue weighted by atomic mass is 16.6. The van der Waals surface area contributed by atoms with Crippen LogP contribution in [0, 0.1) is 10.1 Å². The number of aliphatic hydroxyl groups excluding tert-OH is 2. The van der Waals surface area contributed by atoms with E-state index in [1.165, 1.54) is 0 Å². The molecular weight excluding hydrogens is 258 g/mol. The van der Waals surface area contributed by atoms with Gasteiger partial charge in [-0.2, -0.15) is 0 Å². The summed E-state index contributed by atoms with van der Waals surface area (Å²) in [5.41, 5.74) is 8.82. The van der Waals surface area contributed by atoms with Gasteiger partial charge >= 0.3 is 0 Å². The summed E-state index contributed by atoms with van der Waals surface area (Å²) in [5.74, 6) is -2.16. The van der Waals surface area contributed by atoms with Crippen LogP contribution in [-0.4, -0.2) is 33.1 Å². The molecule has 0 bridgehead atoms. The lowest BCUT2D eigenvalue weighted by Crippen LogP contribution is -2.34. The number of carbonyl (C=O) groups excluding carboxylic acids is 2. The average Bonchev–Trinajstić information content (AvgIpc) is 2.36. The van der Waals surface area contributed by atoms with Crippen molar-refractivity contribution in [1.82, 2.24) is 0 Å². The van der Waals surface area contributed by atoms with Gasteiger partial charge in [-0.15, -0.1) is 0 Å². The average molecular weight is 269 g/mol. The van der Waals surface area contributed by atoms with Gasteiger partial charge in [0, 0.05) is 17.7 Å². The second-order valence-electron chi connectivity index (χ2n) is 3.73. The molecule has 0 fully saturated rings. The highest BCUT2D eigenvalue weighted by molar-refractivity contribution is 5.93. The summed E-state index contributed by atoms with van der Waals surface area (Å²) >= 11 is 0. The van der Waals surface area contributed by atoms with Gasteiger partial charge in [0.15, 0.2) is 6.10 Å². The Balaban J connectivity index is 3.30. The van der Waals surface area contributed by atoms with Crippen LogP contribution in [-0.2, 0) is 4.79 Å². The lowest BCUT2D eigenvalue weighted by atomic mass is 10.0. The molecule has 0 heterocycles. The third-order valence-corrected chi connectivity index (χ3v) is 2.37. The SMILES string of the molecule is NC(=O)c1cc(C(O)C(O)C(N)=O)cc([N+](=O)[O-])c1. The fourth-order valence-electron chi connectivity index (χ4n) is 1.39. The van der Waals surface area contributed by atoms with Crippen LogP contribution < -0.4 is 11.5 Å². The standard InChI is InChI=1S/C10H11N3O6/c11-9(16)5-1-4(2-6(3-5)13(18)19)7(14)8(15)10(12)17/h1-3,7-8,14-15H,(H2,11,16)(H2,12,17). The van der Waals surface area contributed by atoms with E-state index in [1.807, 2.05) is 0 Å². The Hall–Kier alpha value is -2.52. The first-order chi connectivity index (χ1) is 8.73. The van der Waals surface area contributed by atoms with Gasteiger partial charge < -0.3 is 21.7 Å². The van der Waals surface area contributed by atoms with E-state index in [2.05, 4.69) is 0 Å². The van der Waals surface area contributed by atoms with Crippen LogP contribution in [0.15, 0.2) is 18.2 Å². The highest BCUT2D eigenvalue weighted by Crippen LogP contribution is 2.24. The van der Waals surface area contributed by atoms with Crippen molar-refractivity contribution in [2.24, 2.45) is 11.5 Å². The van der Waals surface area contributed by atoms with Crippen molar-refractivity contribution >= 4 is 17.5 Å². The first-order valence-electron chi connectivity index (χ1n) is 4.98. The van der Waals surface area contributed by atoms with Crippen LogP contribution in [0.3, 0.4) is 0 Å². The maximum Gasteiger partial charge on any atom is 0.270 e. The number of hydrogen-bond donors (Lipinski definition) is 4. The first-order valence-corrected chi connectivity index (χ1v) is 4.98. The Labute approximate surface area is 106 Å². The van der Waals surface area contributed by atoms with Gasteiger partial charge in [-0.3, -0.25) is 19.7 Å².